The second kappa shape index (κ2) is 6.07. The van der Waals surface area contributed by atoms with Crippen LogP contribution in [-0.4, -0.2) is 35.9 Å². The van der Waals surface area contributed by atoms with Crippen LogP contribution in [0.15, 0.2) is 18.2 Å². The van der Waals surface area contributed by atoms with E-state index in [-0.39, 0.29) is 22.1 Å². The van der Waals surface area contributed by atoms with Gasteiger partial charge in [-0.05, 0) is 43.7 Å². The number of halogens is 1. The topological polar surface area (TPSA) is 58.4 Å². The third kappa shape index (κ3) is 3.57. The highest BCUT2D eigenvalue weighted by molar-refractivity contribution is 7.80. The summed E-state index contributed by atoms with van der Waals surface area (Å²) in [5, 5.41) is 2.71. The summed E-state index contributed by atoms with van der Waals surface area (Å²) in [6.07, 6.45) is 0.796. The van der Waals surface area contributed by atoms with Crippen molar-refractivity contribution in [3.05, 3.63) is 35.1 Å². The first-order valence-electron chi connectivity index (χ1n) is 6.88. The molecule has 1 aliphatic rings. The van der Waals surface area contributed by atoms with Crippen LogP contribution in [0, 0.1) is 11.2 Å². The van der Waals surface area contributed by atoms with Gasteiger partial charge in [0.25, 0.3) is 0 Å². The number of benzene rings is 1. The lowest BCUT2D eigenvalue weighted by atomic mass is 9.89. The molecule has 1 fully saturated rings. The summed E-state index contributed by atoms with van der Waals surface area (Å²) in [4.78, 5) is 14.2. The zero-order valence-electron chi connectivity index (χ0n) is 12.3. The van der Waals surface area contributed by atoms with Crippen LogP contribution in [0.4, 0.5) is 4.39 Å². The third-order valence-corrected chi connectivity index (χ3v) is 4.21. The fourth-order valence-corrected chi connectivity index (χ4v) is 2.94. The fourth-order valence-electron chi connectivity index (χ4n) is 2.82. The molecule has 0 aliphatic carbocycles. The average molecular weight is 309 g/mol. The smallest absolute Gasteiger partial charge is 0.227 e. The van der Waals surface area contributed by atoms with Crippen molar-refractivity contribution < 1.29 is 9.18 Å². The van der Waals surface area contributed by atoms with Crippen molar-refractivity contribution in [2.24, 2.45) is 11.1 Å². The summed E-state index contributed by atoms with van der Waals surface area (Å²) in [7, 11) is 1.65. The number of carbonyl (C=O) groups is 1. The van der Waals surface area contributed by atoms with Gasteiger partial charge in [-0.3, -0.25) is 9.69 Å². The molecule has 1 atom stereocenters. The molecule has 114 valence electrons. The molecule has 0 spiro atoms. The Morgan fingerprint density at radius 3 is 2.86 bits per heavy atom. The van der Waals surface area contributed by atoms with Crippen LogP contribution >= 0.6 is 12.2 Å². The molecular weight excluding hydrogens is 289 g/mol. The van der Waals surface area contributed by atoms with Gasteiger partial charge in [0, 0.05) is 25.7 Å². The summed E-state index contributed by atoms with van der Waals surface area (Å²) in [6, 6.07) is 4.63. The van der Waals surface area contributed by atoms with E-state index in [0.717, 1.165) is 18.5 Å². The number of nitrogens with one attached hydrogen (secondary N) is 1. The van der Waals surface area contributed by atoms with Crippen molar-refractivity contribution in [1.29, 1.82) is 0 Å². The first kappa shape index (κ1) is 15.9. The van der Waals surface area contributed by atoms with Gasteiger partial charge >= 0.3 is 0 Å². The Labute approximate surface area is 129 Å². The summed E-state index contributed by atoms with van der Waals surface area (Å²) in [5.74, 6) is -0.295. The van der Waals surface area contributed by atoms with Gasteiger partial charge in [-0.25, -0.2) is 4.39 Å². The minimum atomic E-state index is -0.381. The Morgan fingerprint density at radius 2 is 2.24 bits per heavy atom. The maximum atomic E-state index is 13.6. The minimum absolute atomic E-state index is 0.0491. The lowest BCUT2D eigenvalue weighted by molar-refractivity contribution is -0.129. The second-order valence-corrected chi connectivity index (χ2v) is 6.25. The zero-order valence-corrected chi connectivity index (χ0v) is 13.1. The van der Waals surface area contributed by atoms with Gasteiger partial charge in [-0.1, -0.05) is 12.2 Å². The number of hydrogen-bond acceptors (Lipinski definition) is 3. The number of amides is 1. The van der Waals surface area contributed by atoms with E-state index in [1.165, 1.54) is 12.1 Å². The molecule has 0 radical (unpaired) electrons. The number of hydrogen-bond donors (Lipinski definition) is 2. The normalized spacial score (nSPS) is 22.2. The van der Waals surface area contributed by atoms with Crippen molar-refractivity contribution in [2.75, 3.05) is 20.1 Å². The molecule has 1 heterocycles. The molecule has 1 aromatic carbocycles. The van der Waals surface area contributed by atoms with Crippen molar-refractivity contribution in [2.45, 2.75) is 19.9 Å². The predicted molar refractivity (Wildman–Crippen MR) is 84.4 cm³/mol. The summed E-state index contributed by atoms with van der Waals surface area (Å²) >= 11 is 4.89. The second-order valence-electron chi connectivity index (χ2n) is 5.81. The minimum Gasteiger partial charge on any atom is -0.389 e. The predicted octanol–water partition coefficient (Wildman–Crippen LogP) is 1.42. The van der Waals surface area contributed by atoms with Gasteiger partial charge in [-0.15, -0.1) is 0 Å². The Morgan fingerprint density at radius 1 is 1.52 bits per heavy atom. The van der Waals surface area contributed by atoms with Crippen LogP contribution in [-0.2, 0) is 11.3 Å². The number of nitrogens with zero attached hydrogens (tertiary/aromatic N) is 1. The standard InChI is InChI=1S/C15H20FN3OS/c1-15(14(20)18-2)3-4-19(9-15)8-10-5-11(13(17)21)7-12(16)6-10/h5-7H,3-4,8-9H2,1-2H3,(H2,17,21)(H,18,20). The van der Waals surface area contributed by atoms with E-state index in [1.807, 2.05) is 6.92 Å². The molecule has 1 unspecified atom stereocenters. The van der Waals surface area contributed by atoms with E-state index in [1.54, 1.807) is 13.1 Å². The van der Waals surface area contributed by atoms with Gasteiger partial charge in [0.1, 0.15) is 10.8 Å². The van der Waals surface area contributed by atoms with Crippen molar-refractivity contribution in [3.63, 3.8) is 0 Å². The monoisotopic (exact) mass is 309 g/mol. The van der Waals surface area contributed by atoms with Crippen LogP contribution in [0.25, 0.3) is 0 Å². The molecule has 1 aromatic rings. The van der Waals surface area contributed by atoms with Gasteiger partial charge in [0.05, 0.1) is 5.41 Å². The summed E-state index contributed by atoms with van der Waals surface area (Å²) < 4.78 is 13.6. The maximum absolute atomic E-state index is 13.6. The highest BCUT2D eigenvalue weighted by Crippen LogP contribution is 2.31. The average Bonchev–Trinajstić information content (AvgIpc) is 2.79. The molecule has 1 saturated heterocycles. The number of carbonyl (C=O) groups excluding carboxylic acids is 1. The van der Waals surface area contributed by atoms with E-state index >= 15 is 0 Å². The van der Waals surface area contributed by atoms with Crippen LogP contribution in [0.5, 0.6) is 0 Å². The molecule has 1 amide bonds. The van der Waals surface area contributed by atoms with Gasteiger partial charge in [-0.2, -0.15) is 0 Å². The molecule has 0 saturated carbocycles. The van der Waals surface area contributed by atoms with E-state index < -0.39 is 0 Å². The molecule has 0 aromatic heterocycles. The lowest BCUT2D eigenvalue weighted by Gasteiger charge is -2.23. The molecule has 2 rings (SSSR count). The summed E-state index contributed by atoms with van der Waals surface area (Å²) in [6.45, 7) is 4.01. The van der Waals surface area contributed by atoms with Crippen LogP contribution in [0.3, 0.4) is 0 Å². The van der Waals surface area contributed by atoms with Gasteiger partial charge < -0.3 is 11.1 Å². The zero-order chi connectivity index (χ0) is 15.6. The van der Waals surface area contributed by atoms with E-state index in [0.29, 0.717) is 18.7 Å². The van der Waals surface area contributed by atoms with E-state index in [4.69, 9.17) is 18.0 Å². The van der Waals surface area contributed by atoms with Crippen molar-refractivity contribution >= 4 is 23.1 Å². The Balaban J connectivity index is 2.10. The SMILES string of the molecule is CNC(=O)C1(C)CCN(Cc2cc(F)cc(C(N)=S)c2)C1. The first-order chi connectivity index (χ1) is 9.84. The van der Waals surface area contributed by atoms with Gasteiger partial charge in [0.2, 0.25) is 5.91 Å². The molecule has 4 nitrogen and oxygen atoms in total. The van der Waals surface area contributed by atoms with Crippen LogP contribution in [0.2, 0.25) is 0 Å². The number of rotatable bonds is 4. The quantitative estimate of drug-likeness (QED) is 0.826. The molecule has 1 aliphatic heterocycles. The highest BCUT2D eigenvalue weighted by atomic mass is 32.1. The number of thiocarbonyl (C=S) groups is 1. The molecule has 6 heteroatoms. The molecule has 21 heavy (non-hydrogen) atoms. The molecular formula is C15H20FN3OS. The number of nitrogens with two attached hydrogens (primary N) is 1. The highest BCUT2D eigenvalue weighted by Gasteiger charge is 2.39. The Bertz CT molecular complexity index is 578. The summed E-state index contributed by atoms with van der Waals surface area (Å²) in [5.41, 5.74) is 6.53. The number of likely N-dealkylation sites (tertiary alicyclic amines) is 1. The largest absolute Gasteiger partial charge is 0.389 e. The van der Waals surface area contributed by atoms with Crippen LogP contribution < -0.4 is 11.1 Å². The van der Waals surface area contributed by atoms with Crippen LogP contribution in [0.1, 0.15) is 24.5 Å². The fraction of sp³-hybridized carbons (Fsp3) is 0.467. The third-order valence-electron chi connectivity index (χ3n) is 3.98. The van der Waals surface area contributed by atoms with Crippen molar-refractivity contribution in [3.8, 4) is 0 Å². The molecule has 0 bridgehead atoms. The van der Waals surface area contributed by atoms with E-state index in [2.05, 4.69) is 10.2 Å². The van der Waals surface area contributed by atoms with E-state index in [9.17, 15) is 9.18 Å². The van der Waals surface area contributed by atoms with Crippen molar-refractivity contribution in [1.82, 2.24) is 10.2 Å². The van der Waals surface area contributed by atoms with Gasteiger partial charge in [0.15, 0.2) is 0 Å². The maximum Gasteiger partial charge on any atom is 0.227 e. The lowest BCUT2D eigenvalue weighted by Crippen LogP contribution is -2.39. The Kier molecular flexibility index (Phi) is 4.58. The Hall–Kier alpha value is -1.53. The first-order valence-corrected chi connectivity index (χ1v) is 7.29. The molecule has 3 N–H and O–H groups in total.